The summed E-state index contributed by atoms with van der Waals surface area (Å²) in [6, 6.07) is 9.20. The molecule has 158 valence electrons. The van der Waals surface area contributed by atoms with Crippen LogP contribution in [-0.2, 0) is 4.74 Å². The van der Waals surface area contributed by atoms with Gasteiger partial charge in [-0.2, -0.15) is 0 Å². The lowest BCUT2D eigenvalue weighted by Gasteiger charge is -2.33. The van der Waals surface area contributed by atoms with Crippen molar-refractivity contribution in [3.8, 4) is 17.0 Å². The number of phenols is 1. The van der Waals surface area contributed by atoms with Crippen LogP contribution in [0.3, 0.4) is 0 Å². The number of piperidine rings is 1. The zero-order valence-electron chi connectivity index (χ0n) is 17.8. The van der Waals surface area contributed by atoms with Crippen LogP contribution in [0.15, 0.2) is 30.3 Å². The molecule has 0 aliphatic carbocycles. The van der Waals surface area contributed by atoms with Crippen LogP contribution in [-0.4, -0.2) is 45.0 Å². The molecular weight excluding hydrogens is 398 g/mol. The van der Waals surface area contributed by atoms with Gasteiger partial charge in [0.25, 0.3) is 0 Å². The second-order valence-corrected chi connectivity index (χ2v) is 9.83. The molecule has 1 aromatic carbocycles. The molecule has 2 aromatic heterocycles. The third-order valence-electron chi connectivity index (χ3n) is 5.44. The first-order valence-electron chi connectivity index (χ1n) is 10.3. The summed E-state index contributed by atoms with van der Waals surface area (Å²) in [5, 5.41) is 20.0. The Morgan fingerprint density at radius 3 is 2.57 bits per heavy atom. The van der Waals surface area contributed by atoms with E-state index in [-0.39, 0.29) is 11.8 Å². The predicted molar refractivity (Wildman–Crippen MR) is 119 cm³/mol. The number of amides is 1. The van der Waals surface area contributed by atoms with Crippen LogP contribution in [0.2, 0.25) is 0 Å². The van der Waals surface area contributed by atoms with Crippen molar-refractivity contribution in [2.24, 2.45) is 0 Å². The smallest absolute Gasteiger partial charge is 0.410 e. The van der Waals surface area contributed by atoms with Gasteiger partial charge in [0.1, 0.15) is 16.2 Å². The number of fused-ring (bicyclic) bond motifs is 1. The summed E-state index contributed by atoms with van der Waals surface area (Å²) < 4.78 is 5.51. The van der Waals surface area contributed by atoms with Gasteiger partial charge in [0.05, 0.1) is 5.69 Å². The van der Waals surface area contributed by atoms with Gasteiger partial charge >= 0.3 is 6.09 Å². The standard InChI is InChI=1S/C23H27N3O3S/c1-14-17-13-18(16-7-5-6-8-19(16)27)24-25-21(17)30-20(14)15-9-11-26(12-10-15)22(28)29-23(2,3)4/h5-8,13,15,27H,9-12H2,1-4H3. The summed E-state index contributed by atoms with van der Waals surface area (Å²) in [6.45, 7) is 9.20. The van der Waals surface area contributed by atoms with E-state index in [0.29, 0.717) is 30.3 Å². The highest BCUT2D eigenvalue weighted by Gasteiger charge is 2.29. The number of rotatable bonds is 2. The van der Waals surface area contributed by atoms with Gasteiger partial charge in [0.2, 0.25) is 0 Å². The number of carbonyl (C=O) groups excluding carboxylic acids is 1. The van der Waals surface area contributed by atoms with Crippen molar-refractivity contribution in [1.29, 1.82) is 0 Å². The second-order valence-electron chi connectivity index (χ2n) is 8.80. The third kappa shape index (κ3) is 4.12. The molecule has 1 fully saturated rings. The van der Waals surface area contributed by atoms with Gasteiger partial charge in [-0.05, 0) is 70.2 Å². The average Bonchev–Trinajstić information content (AvgIpc) is 3.03. The lowest BCUT2D eigenvalue weighted by Crippen LogP contribution is -2.41. The number of hydrogen-bond donors (Lipinski definition) is 1. The van der Waals surface area contributed by atoms with Crippen molar-refractivity contribution in [3.05, 3.63) is 40.8 Å². The summed E-state index contributed by atoms with van der Waals surface area (Å²) in [6.07, 6.45) is 1.59. The van der Waals surface area contributed by atoms with E-state index < -0.39 is 5.60 Å². The number of benzene rings is 1. The Balaban J connectivity index is 1.54. The van der Waals surface area contributed by atoms with Crippen molar-refractivity contribution in [1.82, 2.24) is 15.1 Å². The van der Waals surface area contributed by atoms with Crippen molar-refractivity contribution >= 4 is 27.6 Å². The first kappa shape index (κ1) is 20.6. The summed E-state index contributed by atoms with van der Waals surface area (Å²) >= 11 is 1.69. The van der Waals surface area contributed by atoms with Gasteiger partial charge in [0, 0.05) is 28.9 Å². The number of carbonyl (C=O) groups is 1. The van der Waals surface area contributed by atoms with E-state index in [4.69, 9.17) is 4.74 Å². The number of likely N-dealkylation sites (tertiary alicyclic amines) is 1. The number of aromatic nitrogens is 2. The maximum absolute atomic E-state index is 12.3. The van der Waals surface area contributed by atoms with Crippen LogP contribution >= 0.6 is 11.3 Å². The molecule has 4 rings (SSSR count). The fourth-order valence-corrected chi connectivity index (χ4v) is 5.18. The Hall–Kier alpha value is -2.67. The molecule has 0 radical (unpaired) electrons. The van der Waals surface area contributed by atoms with Crippen molar-refractivity contribution in [3.63, 3.8) is 0 Å². The maximum Gasteiger partial charge on any atom is 0.410 e. The van der Waals surface area contributed by atoms with E-state index in [1.165, 1.54) is 10.4 Å². The minimum absolute atomic E-state index is 0.203. The van der Waals surface area contributed by atoms with Crippen LogP contribution in [0.4, 0.5) is 4.79 Å². The van der Waals surface area contributed by atoms with Crippen LogP contribution < -0.4 is 0 Å². The SMILES string of the molecule is Cc1c(C2CCN(C(=O)OC(C)(C)C)CC2)sc2nnc(-c3ccccc3O)cc12. The molecule has 7 heteroatoms. The normalized spacial score (nSPS) is 15.5. The number of hydrogen-bond acceptors (Lipinski definition) is 6. The lowest BCUT2D eigenvalue weighted by atomic mass is 9.92. The highest BCUT2D eigenvalue weighted by Crippen LogP contribution is 2.40. The predicted octanol–water partition coefficient (Wildman–Crippen LogP) is 5.49. The van der Waals surface area contributed by atoms with Crippen molar-refractivity contribution < 1.29 is 14.6 Å². The second kappa shape index (κ2) is 7.87. The number of nitrogens with zero attached hydrogens (tertiary/aromatic N) is 3. The zero-order chi connectivity index (χ0) is 21.5. The van der Waals surface area contributed by atoms with Crippen LogP contribution in [0.25, 0.3) is 21.5 Å². The summed E-state index contributed by atoms with van der Waals surface area (Å²) in [4.78, 5) is 16.4. The number of phenolic OH excluding ortho intramolecular Hbond substituents is 1. The topological polar surface area (TPSA) is 75.6 Å². The fourth-order valence-electron chi connectivity index (χ4n) is 3.90. The van der Waals surface area contributed by atoms with Crippen molar-refractivity contribution in [2.45, 2.75) is 52.1 Å². The minimum Gasteiger partial charge on any atom is -0.507 e. The number of aryl methyl sites for hydroxylation is 1. The Kier molecular flexibility index (Phi) is 5.40. The molecular formula is C23H27N3O3S. The molecule has 0 bridgehead atoms. The molecule has 0 atom stereocenters. The largest absolute Gasteiger partial charge is 0.507 e. The molecule has 3 aromatic rings. The quantitative estimate of drug-likeness (QED) is 0.588. The highest BCUT2D eigenvalue weighted by atomic mass is 32.1. The van der Waals surface area contributed by atoms with Gasteiger partial charge in [0.15, 0.2) is 0 Å². The zero-order valence-corrected chi connectivity index (χ0v) is 18.6. The van der Waals surface area contributed by atoms with E-state index in [2.05, 4.69) is 17.1 Å². The molecule has 1 amide bonds. The van der Waals surface area contributed by atoms with E-state index in [1.54, 1.807) is 28.4 Å². The Morgan fingerprint density at radius 2 is 1.90 bits per heavy atom. The Bertz CT molecular complexity index is 1080. The average molecular weight is 426 g/mol. The molecule has 1 aliphatic heterocycles. The van der Waals surface area contributed by atoms with Gasteiger partial charge in [-0.25, -0.2) is 4.79 Å². The van der Waals surface area contributed by atoms with Gasteiger partial charge < -0.3 is 14.7 Å². The number of para-hydroxylation sites is 1. The third-order valence-corrected chi connectivity index (χ3v) is 6.79. The van der Waals surface area contributed by atoms with E-state index in [0.717, 1.165) is 23.1 Å². The molecule has 1 saturated heterocycles. The van der Waals surface area contributed by atoms with Crippen molar-refractivity contribution in [2.75, 3.05) is 13.1 Å². The maximum atomic E-state index is 12.3. The summed E-state index contributed by atoms with van der Waals surface area (Å²) in [5.74, 6) is 0.602. The molecule has 1 aliphatic rings. The molecule has 3 heterocycles. The van der Waals surface area contributed by atoms with E-state index in [9.17, 15) is 9.90 Å². The van der Waals surface area contributed by atoms with E-state index >= 15 is 0 Å². The molecule has 0 spiro atoms. The molecule has 6 nitrogen and oxygen atoms in total. The molecule has 0 unspecified atom stereocenters. The molecule has 1 N–H and O–H groups in total. The van der Waals surface area contributed by atoms with Crippen LogP contribution in [0.5, 0.6) is 5.75 Å². The molecule has 30 heavy (non-hydrogen) atoms. The highest BCUT2D eigenvalue weighted by molar-refractivity contribution is 7.18. The summed E-state index contributed by atoms with van der Waals surface area (Å²) in [5.41, 5.74) is 2.11. The van der Waals surface area contributed by atoms with Gasteiger partial charge in [-0.15, -0.1) is 21.5 Å². The van der Waals surface area contributed by atoms with Gasteiger partial charge in [-0.1, -0.05) is 12.1 Å². The Labute approximate surface area is 180 Å². The minimum atomic E-state index is -0.473. The summed E-state index contributed by atoms with van der Waals surface area (Å²) in [7, 11) is 0. The first-order chi connectivity index (χ1) is 14.2. The number of aromatic hydroxyl groups is 1. The number of thiophene rings is 1. The Morgan fingerprint density at radius 1 is 1.20 bits per heavy atom. The first-order valence-corrected chi connectivity index (χ1v) is 11.1. The monoisotopic (exact) mass is 425 g/mol. The van der Waals surface area contributed by atoms with Crippen LogP contribution in [0.1, 0.15) is 50.0 Å². The number of ether oxygens (including phenoxy) is 1. The molecule has 0 saturated carbocycles. The van der Waals surface area contributed by atoms with Crippen LogP contribution in [0, 0.1) is 6.92 Å². The van der Waals surface area contributed by atoms with Gasteiger partial charge in [-0.3, -0.25) is 0 Å². The lowest BCUT2D eigenvalue weighted by molar-refractivity contribution is 0.0205. The fraction of sp³-hybridized carbons (Fsp3) is 0.435. The van der Waals surface area contributed by atoms with E-state index in [1.807, 2.05) is 39.0 Å².